The Bertz CT molecular complexity index is 501. The van der Waals surface area contributed by atoms with Crippen LogP contribution in [0.1, 0.15) is 5.01 Å². The quantitative estimate of drug-likeness (QED) is 0.773. The summed E-state index contributed by atoms with van der Waals surface area (Å²) < 4.78 is 4.28. The molecule has 0 N–H and O–H groups in total. The fourth-order valence-corrected chi connectivity index (χ4v) is 2.78. The molecular formula is C10H7BrCl2N2S. The fraction of sp³-hybridized carbons (Fsp3) is 0.200. The van der Waals surface area contributed by atoms with Crippen molar-refractivity contribution in [1.82, 2.24) is 9.36 Å². The van der Waals surface area contributed by atoms with Gasteiger partial charge in [0.15, 0.2) is 5.82 Å². The van der Waals surface area contributed by atoms with Gasteiger partial charge in [0.2, 0.25) is 0 Å². The number of alkyl halides is 1. The van der Waals surface area contributed by atoms with Crippen LogP contribution in [0.5, 0.6) is 0 Å². The topological polar surface area (TPSA) is 25.8 Å². The molecule has 0 radical (unpaired) electrons. The SMILES string of the molecule is Clc1ccc(-c2nsc(CCBr)n2)cc1Cl. The van der Waals surface area contributed by atoms with E-state index in [4.69, 9.17) is 23.2 Å². The molecule has 2 aromatic rings. The second kappa shape index (κ2) is 5.45. The molecule has 0 unspecified atom stereocenters. The molecule has 1 aromatic heterocycles. The highest BCUT2D eigenvalue weighted by Crippen LogP contribution is 2.27. The molecule has 6 heteroatoms. The van der Waals surface area contributed by atoms with E-state index in [1.165, 1.54) is 11.5 Å². The summed E-state index contributed by atoms with van der Waals surface area (Å²) in [5.41, 5.74) is 0.895. The van der Waals surface area contributed by atoms with E-state index >= 15 is 0 Å². The number of halogens is 3. The third-order valence-electron chi connectivity index (χ3n) is 1.95. The van der Waals surface area contributed by atoms with E-state index in [0.29, 0.717) is 15.9 Å². The van der Waals surface area contributed by atoms with Crippen LogP contribution in [-0.2, 0) is 6.42 Å². The number of rotatable bonds is 3. The Kier molecular flexibility index (Phi) is 4.19. The fourth-order valence-electron chi connectivity index (χ4n) is 1.19. The van der Waals surface area contributed by atoms with Crippen molar-refractivity contribution in [3.63, 3.8) is 0 Å². The van der Waals surface area contributed by atoms with Crippen molar-refractivity contribution in [2.24, 2.45) is 0 Å². The van der Waals surface area contributed by atoms with Gasteiger partial charge in [-0.2, -0.15) is 4.37 Å². The van der Waals surface area contributed by atoms with Crippen LogP contribution < -0.4 is 0 Å². The third-order valence-corrected chi connectivity index (χ3v) is 3.86. The summed E-state index contributed by atoms with van der Waals surface area (Å²) in [6.45, 7) is 0. The van der Waals surface area contributed by atoms with Crippen LogP contribution in [0.2, 0.25) is 10.0 Å². The second-order valence-corrected chi connectivity index (χ2v) is 5.52. The molecule has 0 aliphatic rings. The van der Waals surface area contributed by atoms with Crippen molar-refractivity contribution in [2.75, 3.05) is 5.33 Å². The Morgan fingerprint density at radius 2 is 2.06 bits per heavy atom. The first kappa shape index (κ1) is 12.3. The Balaban J connectivity index is 2.31. The Morgan fingerprint density at radius 1 is 1.25 bits per heavy atom. The van der Waals surface area contributed by atoms with E-state index in [1.807, 2.05) is 6.07 Å². The lowest BCUT2D eigenvalue weighted by molar-refractivity contribution is 1.11. The van der Waals surface area contributed by atoms with E-state index in [-0.39, 0.29) is 0 Å². The standard InChI is InChI=1S/C10H7BrCl2N2S/c11-4-3-9-14-10(15-16-9)6-1-2-7(12)8(13)5-6/h1-2,5H,3-4H2. The second-order valence-electron chi connectivity index (χ2n) is 3.08. The molecule has 84 valence electrons. The summed E-state index contributed by atoms with van der Waals surface area (Å²) in [4.78, 5) is 4.42. The molecule has 0 atom stereocenters. The molecule has 2 nitrogen and oxygen atoms in total. The highest BCUT2D eigenvalue weighted by molar-refractivity contribution is 9.09. The van der Waals surface area contributed by atoms with E-state index in [2.05, 4.69) is 25.3 Å². The highest BCUT2D eigenvalue weighted by atomic mass is 79.9. The molecule has 0 bridgehead atoms. The Morgan fingerprint density at radius 3 is 2.75 bits per heavy atom. The van der Waals surface area contributed by atoms with Gasteiger partial charge in [-0.25, -0.2) is 4.98 Å². The first-order valence-electron chi connectivity index (χ1n) is 4.54. The van der Waals surface area contributed by atoms with Gasteiger partial charge >= 0.3 is 0 Å². The van der Waals surface area contributed by atoms with Gasteiger partial charge in [-0.1, -0.05) is 39.1 Å². The van der Waals surface area contributed by atoms with E-state index in [9.17, 15) is 0 Å². The summed E-state index contributed by atoms with van der Waals surface area (Å²) in [5, 5.41) is 2.97. The maximum atomic E-state index is 5.94. The summed E-state index contributed by atoms with van der Waals surface area (Å²) in [6.07, 6.45) is 0.888. The Hall–Kier alpha value is -0.160. The normalized spacial score (nSPS) is 10.7. The van der Waals surface area contributed by atoms with Crippen LogP contribution in [0.4, 0.5) is 0 Å². The summed E-state index contributed by atoms with van der Waals surface area (Å²) in [5.74, 6) is 0.708. The molecule has 0 fully saturated rings. The van der Waals surface area contributed by atoms with E-state index in [1.54, 1.807) is 12.1 Å². The van der Waals surface area contributed by atoms with Crippen molar-refractivity contribution in [1.29, 1.82) is 0 Å². The molecule has 1 aromatic carbocycles. The smallest absolute Gasteiger partial charge is 0.173 e. The number of hydrogen-bond acceptors (Lipinski definition) is 3. The Labute approximate surface area is 116 Å². The molecule has 0 aliphatic carbocycles. The molecule has 0 amide bonds. The van der Waals surface area contributed by atoms with Crippen LogP contribution in [0, 0.1) is 0 Å². The minimum Gasteiger partial charge on any atom is -0.220 e. The molecule has 0 saturated carbocycles. The van der Waals surface area contributed by atoms with E-state index < -0.39 is 0 Å². The van der Waals surface area contributed by atoms with Gasteiger partial charge in [-0.3, -0.25) is 0 Å². The molecule has 1 heterocycles. The monoisotopic (exact) mass is 336 g/mol. The van der Waals surface area contributed by atoms with Crippen LogP contribution >= 0.6 is 50.7 Å². The maximum absolute atomic E-state index is 5.94. The lowest BCUT2D eigenvalue weighted by atomic mass is 10.2. The summed E-state index contributed by atoms with van der Waals surface area (Å²) in [7, 11) is 0. The van der Waals surface area contributed by atoms with Gasteiger partial charge in [-0.05, 0) is 29.7 Å². The molecular weight excluding hydrogens is 331 g/mol. The van der Waals surface area contributed by atoms with Gasteiger partial charge < -0.3 is 0 Å². The van der Waals surface area contributed by atoms with Crippen LogP contribution in [0.15, 0.2) is 18.2 Å². The van der Waals surface area contributed by atoms with Gasteiger partial charge in [0.1, 0.15) is 5.01 Å². The average Bonchev–Trinajstić information content (AvgIpc) is 2.71. The zero-order chi connectivity index (χ0) is 11.5. The number of hydrogen-bond donors (Lipinski definition) is 0. The number of aromatic nitrogens is 2. The number of benzene rings is 1. The highest BCUT2D eigenvalue weighted by Gasteiger charge is 2.08. The third kappa shape index (κ3) is 2.74. The predicted octanol–water partition coefficient (Wildman–Crippen LogP) is 4.45. The van der Waals surface area contributed by atoms with Crippen molar-refractivity contribution < 1.29 is 0 Å². The van der Waals surface area contributed by atoms with Crippen LogP contribution in [-0.4, -0.2) is 14.7 Å². The lowest BCUT2D eigenvalue weighted by Crippen LogP contribution is -1.85. The number of nitrogens with zero attached hydrogens (tertiary/aromatic N) is 2. The van der Waals surface area contributed by atoms with Crippen molar-refractivity contribution in [3.8, 4) is 11.4 Å². The van der Waals surface area contributed by atoms with Crippen LogP contribution in [0.3, 0.4) is 0 Å². The molecule has 2 rings (SSSR count). The minimum absolute atomic E-state index is 0.524. The summed E-state index contributed by atoms with van der Waals surface area (Å²) >= 11 is 16.6. The molecule has 16 heavy (non-hydrogen) atoms. The molecule has 0 saturated heterocycles. The average molecular weight is 338 g/mol. The zero-order valence-corrected chi connectivity index (χ0v) is 12.0. The van der Waals surface area contributed by atoms with Gasteiger partial charge in [0.25, 0.3) is 0 Å². The molecule has 0 aliphatic heterocycles. The van der Waals surface area contributed by atoms with E-state index in [0.717, 1.165) is 22.3 Å². The van der Waals surface area contributed by atoms with Gasteiger partial charge in [-0.15, -0.1) is 0 Å². The number of aryl methyl sites for hydroxylation is 1. The maximum Gasteiger partial charge on any atom is 0.173 e. The minimum atomic E-state index is 0.524. The first-order chi connectivity index (χ1) is 7.70. The predicted molar refractivity (Wildman–Crippen MR) is 72.9 cm³/mol. The zero-order valence-electron chi connectivity index (χ0n) is 8.08. The molecule has 0 spiro atoms. The van der Waals surface area contributed by atoms with Crippen molar-refractivity contribution >= 4 is 50.7 Å². The first-order valence-corrected chi connectivity index (χ1v) is 7.20. The summed E-state index contributed by atoms with van der Waals surface area (Å²) in [6, 6.07) is 5.41. The van der Waals surface area contributed by atoms with Crippen molar-refractivity contribution in [3.05, 3.63) is 33.3 Å². The van der Waals surface area contributed by atoms with Gasteiger partial charge in [0.05, 0.1) is 10.0 Å². The lowest BCUT2D eigenvalue weighted by Gasteiger charge is -1.98. The largest absolute Gasteiger partial charge is 0.220 e. The van der Waals surface area contributed by atoms with Crippen molar-refractivity contribution in [2.45, 2.75) is 6.42 Å². The van der Waals surface area contributed by atoms with Crippen LogP contribution in [0.25, 0.3) is 11.4 Å². The van der Waals surface area contributed by atoms with Gasteiger partial charge in [0, 0.05) is 17.3 Å².